The number of nitrogens with zero attached hydrogens (tertiary/aromatic N) is 3. The van der Waals surface area contributed by atoms with Crippen molar-refractivity contribution in [3.05, 3.63) is 41.5 Å². The molecule has 0 bridgehead atoms. The van der Waals surface area contributed by atoms with Crippen LogP contribution in [-0.4, -0.2) is 65.1 Å². The van der Waals surface area contributed by atoms with Gasteiger partial charge in [0.2, 0.25) is 5.91 Å². The number of para-hydroxylation sites is 1. The molecule has 1 atom stereocenters. The first-order chi connectivity index (χ1) is 16.3. The van der Waals surface area contributed by atoms with E-state index in [2.05, 4.69) is 10.3 Å². The molecule has 10 nitrogen and oxygen atoms in total. The summed E-state index contributed by atoms with van der Waals surface area (Å²) in [5, 5.41) is 3.13. The maximum absolute atomic E-state index is 13.8. The van der Waals surface area contributed by atoms with Crippen LogP contribution in [0.5, 0.6) is 11.5 Å². The fourth-order valence-corrected chi connectivity index (χ4v) is 4.84. The predicted octanol–water partition coefficient (Wildman–Crippen LogP) is 2.16. The fraction of sp³-hybridized carbons (Fsp3) is 0.500. The van der Waals surface area contributed by atoms with Gasteiger partial charge in [0, 0.05) is 11.6 Å². The lowest BCUT2D eigenvalue weighted by Crippen LogP contribution is -2.64. The highest BCUT2D eigenvalue weighted by Crippen LogP contribution is 2.36. The normalized spacial score (nSPS) is 20.1. The lowest BCUT2D eigenvalue weighted by atomic mass is 9.92. The molecule has 4 rings (SSSR count). The van der Waals surface area contributed by atoms with Gasteiger partial charge in [-0.2, -0.15) is 0 Å². The van der Waals surface area contributed by atoms with Gasteiger partial charge in [-0.3, -0.25) is 9.59 Å². The third kappa shape index (κ3) is 3.97. The van der Waals surface area contributed by atoms with Gasteiger partial charge in [-0.25, -0.2) is 9.78 Å². The van der Waals surface area contributed by atoms with E-state index in [-0.39, 0.29) is 36.4 Å². The Morgan fingerprint density at radius 2 is 1.91 bits per heavy atom. The van der Waals surface area contributed by atoms with Gasteiger partial charge in [0.05, 0.1) is 40.7 Å². The number of hydrogen-bond acceptors (Lipinski definition) is 7. The molecule has 2 aliphatic rings. The number of methoxy groups -OCH3 is 3. The topological polar surface area (TPSA) is 112 Å². The third-order valence-electron chi connectivity index (χ3n) is 6.73. The van der Waals surface area contributed by atoms with Crippen LogP contribution in [-0.2, 0) is 22.6 Å². The fourth-order valence-electron chi connectivity index (χ4n) is 4.84. The van der Waals surface area contributed by atoms with E-state index >= 15 is 0 Å². The Kier molecular flexibility index (Phi) is 6.49. The number of imidazole rings is 1. The van der Waals surface area contributed by atoms with E-state index in [1.54, 1.807) is 23.6 Å². The summed E-state index contributed by atoms with van der Waals surface area (Å²) >= 11 is 0. The van der Waals surface area contributed by atoms with Gasteiger partial charge < -0.3 is 29.0 Å². The molecule has 2 heterocycles. The summed E-state index contributed by atoms with van der Waals surface area (Å²) in [4.78, 5) is 45.3. The van der Waals surface area contributed by atoms with E-state index in [0.29, 0.717) is 17.1 Å². The summed E-state index contributed by atoms with van der Waals surface area (Å²) in [5.41, 5.74) is -0.537. The number of carbonyl (C=O) groups is 3. The second-order valence-corrected chi connectivity index (χ2v) is 8.83. The molecule has 1 aromatic heterocycles. The zero-order valence-electron chi connectivity index (χ0n) is 19.9. The van der Waals surface area contributed by atoms with Crippen LogP contribution in [0.4, 0.5) is 0 Å². The van der Waals surface area contributed by atoms with Crippen LogP contribution in [0.2, 0.25) is 0 Å². The molecular formula is C24H30N4O6. The van der Waals surface area contributed by atoms with Crippen molar-refractivity contribution in [2.75, 3.05) is 21.3 Å². The van der Waals surface area contributed by atoms with Crippen LogP contribution in [0.1, 0.15) is 59.1 Å². The van der Waals surface area contributed by atoms with Crippen molar-refractivity contribution in [3.8, 4) is 11.5 Å². The number of ether oxygens (including phenoxy) is 3. The third-order valence-corrected chi connectivity index (χ3v) is 6.73. The van der Waals surface area contributed by atoms with Crippen molar-refractivity contribution in [1.29, 1.82) is 0 Å². The molecule has 10 heteroatoms. The van der Waals surface area contributed by atoms with Gasteiger partial charge in [-0.1, -0.05) is 25.0 Å². The Balaban J connectivity index is 1.77. The minimum Gasteiger partial charge on any atom is -0.493 e. The zero-order chi connectivity index (χ0) is 24.5. The highest BCUT2D eigenvalue weighted by Gasteiger charge is 2.49. The van der Waals surface area contributed by atoms with Crippen molar-refractivity contribution in [3.63, 3.8) is 0 Å². The lowest BCUT2D eigenvalue weighted by molar-refractivity contribution is -0.134. The van der Waals surface area contributed by atoms with Crippen molar-refractivity contribution in [2.24, 2.45) is 0 Å². The molecule has 1 N–H and O–H groups in total. The van der Waals surface area contributed by atoms with Gasteiger partial charge >= 0.3 is 5.97 Å². The van der Waals surface area contributed by atoms with Crippen molar-refractivity contribution >= 4 is 17.8 Å². The van der Waals surface area contributed by atoms with Gasteiger partial charge in [-0.15, -0.1) is 0 Å². The first kappa shape index (κ1) is 23.6. The molecule has 182 valence electrons. The number of carbonyl (C=O) groups excluding carboxylic acids is 3. The number of esters is 1. The van der Waals surface area contributed by atoms with Crippen molar-refractivity contribution < 1.29 is 28.6 Å². The molecule has 1 fully saturated rings. The molecular weight excluding hydrogens is 440 g/mol. The van der Waals surface area contributed by atoms with E-state index in [0.717, 1.165) is 25.7 Å². The van der Waals surface area contributed by atoms with E-state index in [1.807, 2.05) is 6.07 Å². The summed E-state index contributed by atoms with van der Waals surface area (Å²) in [6, 6.07) is 5.46. The highest BCUT2D eigenvalue weighted by molar-refractivity contribution is 6.06. The Labute approximate surface area is 198 Å². The molecule has 0 saturated heterocycles. The molecule has 1 aliphatic carbocycles. The molecule has 0 radical (unpaired) electrons. The second kappa shape index (κ2) is 9.36. The van der Waals surface area contributed by atoms with E-state index < -0.39 is 17.4 Å². The lowest BCUT2D eigenvalue weighted by Gasteiger charge is -2.44. The Bertz CT molecular complexity index is 1110. The summed E-state index contributed by atoms with van der Waals surface area (Å²) in [7, 11) is 4.29. The Morgan fingerprint density at radius 3 is 2.56 bits per heavy atom. The molecule has 34 heavy (non-hydrogen) atoms. The summed E-state index contributed by atoms with van der Waals surface area (Å²) in [6.07, 6.45) is 5.38. The number of hydrogen-bond donors (Lipinski definition) is 1. The molecule has 1 aliphatic heterocycles. The second-order valence-electron chi connectivity index (χ2n) is 8.83. The monoisotopic (exact) mass is 470 g/mol. The van der Waals surface area contributed by atoms with Crippen LogP contribution >= 0.6 is 0 Å². The first-order valence-corrected chi connectivity index (χ1v) is 11.3. The van der Waals surface area contributed by atoms with E-state index in [9.17, 15) is 14.4 Å². The maximum Gasteiger partial charge on any atom is 0.359 e. The molecule has 2 aromatic rings. The maximum atomic E-state index is 13.8. The Morgan fingerprint density at radius 1 is 1.18 bits per heavy atom. The summed E-state index contributed by atoms with van der Waals surface area (Å²) in [5.74, 6) is -0.447. The smallest absolute Gasteiger partial charge is 0.359 e. The molecule has 2 amide bonds. The van der Waals surface area contributed by atoms with Crippen molar-refractivity contribution in [1.82, 2.24) is 19.8 Å². The molecule has 1 aromatic carbocycles. The van der Waals surface area contributed by atoms with Gasteiger partial charge in [0.1, 0.15) is 11.2 Å². The van der Waals surface area contributed by atoms with E-state index in [1.165, 1.54) is 32.6 Å². The van der Waals surface area contributed by atoms with Crippen LogP contribution in [0.25, 0.3) is 0 Å². The predicted molar refractivity (Wildman–Crippen MR) is 122 cm³/mol. The van der Waals surface area contributed by atoms with Crippen LogP contribution in [0.15, 0.2) is 24.5 Å². The van der Waals surface area contributed by atoms with Crippen LogP contribution in [0, 0.1) is 0 Å². The Hall–Kier alpha value is -3.56. The number of rotatable bonds is 7. The van der Waals surface area contributed by atoms with Gasteiger partial charge in [-0.05, 0) is 25.8 Å². The van der Waals surface area contributed by atoms with Crippen LogP contribution in [0.3, 0.4) is 0 Å². The van der Waals surface area contributed by atoms with Crippen LogP contribution < -0.4 is 14.8 Å². The minimum atomic E-state index is -1.23. The summed E-state index contributed by atoms with van der Waals surface area (Å²) in [6.45, 7) is 1.95. The average Bonchev–Trinajstić information content (AvgIpc) is 3.50. The quantitative estimate of drug-likeness (QED) is 0.617. The number of benzene rings is 1. The number of fused-ring (bicyclic) bond motifs is 1. The molecule has 1 saturated carbocycles. The number of aromatic nitrogens is 2. The number of nitrogens with one attached hydrogen (secondary N) is 1. The largest absolute Gasteiger partial charge is 0.493 e. The van der Waals surface area contributed by atoms with Gasteiger partial charge in [0.15, 0.2) is 17.2 Å². The van der Waals surface area contributed by atoms with Crippen molar-refractivity contribution in [2.45, 2.75) is 57.3 Å². The van der Waals surface area contributed by atoms with Gasteiger partial charge in [0.25, 0.3) is 5.91 Å². The molecule has 0 spiro atoms. The standard InChI is InChI=1S/C24H30N4O6/c1-24(23(31)26-16-9-5-6-10-16)13-27-14-25-18(22(30)34-4)19(27)21(29)28(24)12-15-8-7-11-17(32-2)20(15)33-3/h7-8,11,14,16H,5-6,9-10,12-13H2,1-4H3,(H,26,31)/t24-/m1/s1. The minimum absolute atomic E-state index is 0.0690. The SMILES string of the molecule is COC(=O)c1ncn2c1C(=O)N(Cc1cccc(OC)c1OC)[C@@](C)(C(=O)NC1CCCC1)C2. The highest BCUT2D eigenvalue weighted by atomic mass is 16.5. The summed E-state index contributed by atoms with van der Waals surface area (Å²) < 4.78 is 17.3. The van der Waals surface area contributed by atoms with E-state index in [4.69, 9.17) is 14.2 Å². The molecule has 0 unspecified atom stereocenters. The average molecular weight is 471 g/mol. The zero-order valence-corrected chi connectivity index (χ0v) is 19.9. The number of amides is 2. The first-order valence-electron chi connectivity index (χ1n) is 11.3.